The van der Waals surface area contributed by atoms with Gasteiger partial charge < -0.3 is 10.1 Å². The zero-order valence-electron chi connectivity index (χ0n) is 10.7. The van der Waals surface area contributed by atoms with Crippen LogP contribution in [0.2, 0.25) is 0 Å². The molecule has 2 atom stereocenters. The second kappa shape index (κ2) is 5.80. The number of likely N-dealkylation sites (N-methyl/N-ethyl adjacent to an activating group) is 1. The van der Waals surface area contributed by atoms with Crippen LogP contribution in [0.1, 0.15) is 37.4 Å². The Balaban J connectivity index is 3.10. The predicted molar refractivity (Wildman–Crippen MR) is 64.9 cm³/mol. The maximum atomic E-state index is 5.22. The number of hydrogen-bond donors (Lipinski definition) is 1. The average molecular weight is 223 g/mol. The largest absolute Gasteiger partial charge is 0.481 e. The lowest BCUT2D eigenvalue weighted by Gasteiger charge is -2.23. The van der Waals surface area contributed by atoms with Crippen LogP contribution in [0.25, 0.3) is 0 Å². The van der Waals surface area contributed by atoms with Crippen molar-refractivity contribution >= 4 is 0 Å². The van der Waals surface area contributed by atoms with Crippen molar-refractivity contribution in [2.45, 2.75) is 39.2 Å². The summed E-state index contributed by atoms with van der Waals surface area (Å²) < 4.78 is 5.22. The van der Waals surface area contributed by atoms with Gasteiger partial charge in [0.05, 0.1) is 12.8 Å². The van der Waals surface area contributed by atoms with E-state index >= 15 is 0 Å². The first kappa shape index (κ1) is 12.9. The third-order valence-electron chi connectivity index (χ3n) is 3.12. The Kier molecular flexibility index (Phi) is 4.68. The summed E-state index contributed by atoms with van der Waals surface area (Å²) in [5, 5.41) is 3.28. The Hall–Kier alpha value is -1.16. The van der Waals surface area contributed by atoms with Crippen LogP contribution in [-0.2, 0) is 0 Å². The smallest absolute Gasteiger partial charge is 0.219 e. The molecule has 1 rings (SSSR count). The SMILES string of the molecule is CCC(c1ncnc(OC)c1C)C(C)NC. The summed E-state index contributed by atoms with van der Waals surface area (Å²) in [6, 6.07) is 0.392. The molecule has 16 heavy (non-hydrogen) atoms. The second-order valence-electron chi connectivity index (χ2n) is 3.99. The summed E-state index contributed by atoms with van der Waals surface area (Å²) in [7, 11) is 3.61. The van der Waals surface area contributed by atoms with Crippen molar-refractivity contribution in [2.24, 2.45) is 0 Å². The molecule has 0 spiro atoms. The van der Waals surface area contributed by atoms with Gasteiger partial charge in [0.1, 0.15) is 6.33 Å². The molecular formula is C12H21N3O. The Morgan fingerprint density at radius 3 is 2.62 bits per heavy atom. The van der Waals surface area contributed by atoms with E-state index in [0.717, 1.165) is 17.7 Å². The van der Waals surface area contributed by atoms with E-state index in [1.807, 2.05) is 14.0 Å². The molecule has 0 bridgehead atoms. The third-order valence-corrected chi connectivity index (χ3v) is 3.12. The summed E-state index contributed by atoms with van der Waals surface area (Å²) in [6.07, 6.45) is 2.62. The quantitative estimate of drug-likeness (QED) is 0.828. The van der Waals surface area contributed by atoms with Gasteiger partial charge in [-0.05, 0) is 27.3 Å². The zero-order chi connectivity index (χ0) is 12.1. The Labute approximate surface area is 97.5 Å². The first-order valence-corrected chi connectivity index (χ1v) is 5.68. The molecule has 0 aliphatic rings. The van der Waals surface area contributed by atoms with E-state index in [2.05, 4.69) is 29.1 Å². The molecule has 0 amide bonds. The van der Waals surface area contributed by atoms with Gasteiger partial charge in [-0.25, -0.2) is 9.97 Å². The highest BCUT2D eigenvalue weighted by atomic mass is 16.5. The van der Waals surface area contributed by atoms with E-state index < -0.39 is 0 Å². The van der Waals surface area contributed by atoms with Crippen molar-refractivity contribution in [1.82, 2.24) is 15.3 Å². The van der Waals surface area contributed by atoms with E-state index in [-0.39, 0.29) is 0 Å². The molecule has 1 aromatic heterocycles. The normalized spacial score (nSPS) is 14.6. The fourth-order valence-corrected chi connectivity index (χ4v) is 2.01. The fourth-order valence-electron chi connectivity index (χ4n) is 2.01. The van der Waals surface area contributed by atoms with Gasteiger partial charge in [0.25, 0.3) is 0 Å². The molecule has 0 saturated carbocycles. The number of nitrogens with zero attached hydrogens (tertiary/aromatic N) is 2. The summed E-state index contributed by atoms with van der Waals surface area (Å²) in [5.41, 5.74) is 2.12. The van der Waals surface area contributed by atoms with Crippen LogP contribution < -0.4 is 10.1 Å². The molecule has 0 fully saturated rings. The lowest BCUT2D eigenvalue weighted by molar-refractivity contribution is 0.388. The molecule has 1 N–H and O–H groups in total. The van der Waals surface area contributed by atoms with Crippen LogP contribution in [0.15, 0.2) is 6.33 Å². The van der Waals surface area contributed by atoms with Gasteiger partial charge in [-0.15, -0.1) is 0 Å². The van der Waals surface area contributed by atoms with Gasteiger partial charge in [-0.2, -0.15) is 0 Å². The second-order valence-corrected chi connectivity index (χ2v) is 3.99. The number of hydrogen-bond acceptors (Lipinski definition) is 4. The molecule has 1 heterocycles. The first-order valence-electron chi connectivity index (χ1n) is 5.68. The van der Waals surface area contributed by atoms with Crippen molar-refractivity contribution in [3.63, 3.8) is 0 Å². The molecular weight excluding hydrogens is 202 g/mol. The summed E-state index contributed by atoms with van der Waals surface area (Å²) >= 11 is 0. The van der Waals surface area contributed by atoms with E-state index in [4.69, 9.17) is 4.74 Å². The highest BCUT2D eigenvalue weighted by molar-refractivity contribution is 5.31. The molecule has 90 valence electrons. The minimum absolute atomic E-state index is 0.391. The Morgan fingerprint density at radius 2 is 2.12 bits per heavy atom. The van der Waals surface area contributed by atoms with Gasteiger partial charge >= 0.3 is 0 Å². The predicted octanol–water partition coefficient (Wildman–Crippen LogP) is 1.90. The minimum atomic E-state index is 0.391. The molecule has 4 nitrogen and oxygen atoms in total. The number of rotatable bonds is 5. The van der Waals surface area contributed by atoms with Crippen molar-refractivity contribution in [3.8, 4) is 5.88 Å². The molecule has 0 saturated heterocycles. The number of aromatic nitrogens is 2. The van der Waals surface area contributed by atoms with Crippen molar-refractivity contribution in [1.29, 1.82) is 0 Å². The lowest BCUT2D eigenvalue weighted by atomic mass is 9.92. The minimum Gasteiger partial charge on any atom is -0.481 e. The van der Waals surface area contributed by atoms with E-state index in [0.29, 0.717) is 17.8 Å². The monoisotopic (exact) mass is 223 g/mol. The lowest BCUT2D eigenvalue weighted by Crippen LogP contribution is -2.29. The van der Waals surface area contributed by atoms with Crippen LogP contribution in [-0.4, -0.2) is 30.2 Å². The average Bonchev–Trinajstić information content (AvgIpc) is 2.31. The Morgan fingerprint density at radius 1 is 1.44 bits per heavy atom. The van der Waals surface area contributed by atoms with Crippen molar-refractivity contribution < 1.29 is 4.74 Å². The summed E-state index contributed by atoms with van der Waals surface area (Å²) in [5.74, 6) is 1.06. The van der Waals surface area contributed by atoms with E-state index in [1.165, 1.54) is 0 Å². The van der Waals surface area contributed by atoms with Crippen LogP contribution in [0, 0.1) is 6.92 Å². The fraction of sp³-hybridized carbons (Fsp3) is 0.667. The van der Waals surface area contributed by atoms with Crippen molar-refractivity contribution in [3.05, 3.63) is 17.6 Å². The summed E-state index contributed by atoms with van der Waals surface area (Å²) in [4.78, 5) is 8.50. The zero-order valence-corrected chi connectivity index (χ0v) is 10.7. The van der Waals surface area contributed by atoms with Crippen LogP contribution in [0.4, 0.5) is 0 Å². The number of ether oxygens (including phenoxy) is 1. The van der Waals surface area contributed by atoms with Gasteiger partial charge in [-0.3, -0.25) is 0 Å². The number of methoxy groups -OCH3 is 1. The van der Waals surface area contributed by atoms with Crippen LogP contribution in [0.5, 0.6) is 5.88 Å². The first-order chi connectivity index (χ1) is 7.65. The highest BCUT2D eigenvalue weighted by Crippen LogP contribution is 2.27. The van der Waals surface area contributed by atoms with Crippen LogP contribution in [0.3, 0.4) is 0 Å². The summed E-state index contributed by atoms with van der Waals surface area (Å²) in [6.45, 7) is 6.36. The molecule has 0 aliphatic heterocycles. The third kappa shape index (κ3) is 2.50. The molecule has 1 aromatic rings. The van der Waals surface area contributed by atoms with Gasteiger partial charge in [-0.1, -0.05) is 6.92 Å². The van der Waals surface area contributed by atoms with Crippen molar-refractivity contribution in [2.75, 3.05) is 14.2 Å². The molecule has 0 aromatic carbocycles. The molecule has 4 heteroatoms. The van der Waals surface area contributed by atoms with E-state index in [9.17, 15) is 0 Å². The van der Waals surface area contributed by atoms with Crippen LogP contribution >= 0.6 is 0 Å². The molecule has 2 unspecified atom stereocenters. The number of nitrogens with one attached hydrogen (secondary N) is 1. The van der Waals surface area contributed by atoms with Gasteiger partial charge in [0.2, 0.25) is 5.88 Å². The molecule has 0 radical (unpaired) electrons. The maximum absolute atomic E-state index is 5.22. The Bertz CT molecular complexity index is 341. The van der Waals surface area contributed by atoms with Gasteiger partial charge in [0, 0.05) is 17.5 Å². The standard InChI is InChI=1S/C12H21N3O/c1-6-10(9(3)13-4)11-8(2)12(16-5)15-7-14-11/h7,9-10,13H,6H2,1-5H3. The highest BCUT2D eigenvalue weighted by Gasteiger charge is 2.21. The maximum Gasteiger partial charge on any atom is 0.219 e. The molecule has 0 aliphatic carbocycles. The van der Waals surface area contributed by atoms with Gasteiger partial charge in [0.15, 0.2) is 0 Å². The topological polar surface area (TPSA) is 47.0 Å². The van der Waals surface area contributed by atoms with E-state index in [1.54, 1.807) is 13.4 Å².